The van der Waals surface area contributed by atoms with Gasteiger partial charge in [-0.15, -0.1) is 0 Å². The van der Waals surface area contributed by atoms with Gasteiger partial charge >= 0.3 is 5.97 Å². The predicted octanol–water partition coefficient (Wildman–Crippen LogP) is 2.50. The highest BCUT2D eigenvalue weighted by Crippen LogP contribution is 2.40. The molecule has 1 aliphatic rings. The number of aromatic nitrogens is 1. The Morgan fingerprint density at radius 2 is 2.04 bits per heavy atom. The highest BCUT2D eigenvalue weighted by molar-refractivity contribution is 6.30. The summed E-state index contributed by atoms with van der Waals surface area (Å²) in [5.41, 5.74) is 1.78. The zero-order valence-corrected chi connectivity index (χ0v) is 15.1. The minimum Gasteiger partial charge on any atom is -0.480 e. The molecule has 1 aromatic heterocycles. The molecule has 1 aromatic carbocycles. The number of benzene rings is 1. The maximum absolute atomic E-state index is 12.8. The number of carbonyl (C=O) groups is 2. The Hall–Kier alpha value is -2.44. The first kappa shape index (κ1) is 18.4. The van der Waals surface area contributed by atoms with Gasteiger partial charge < -0.3 is 10.4 Å². The Labute approximate surface area is 156 Å². The lowest BCUT2D eigenvalue weighted by Crippen LogP contribution is -2.35. The van der Waals surface area contributed by atoms with Crippen molar-refractivity contribution in [3.63, 3.8) is 0 Å². The van der Waals surface area contributed by atoms with Crippen molar-refractivity contribution >= 4 is 23.5 Å². The van der Waals surface area contributed by atoms with Crippen LogP contribution in [-0.4, -0.2) is 40.0 Å². The van der Waals surface area contributed by atoms with Crippen LogP contribution in [0, 0.1) is 5.92 Å². The number of aliphatic carboxylic acids is 1. The highest BCUT2D eigenvalue weighted by atomic mass is 35.5. The first-order valence-electron chi connectivity index (χ1n) is 8.34. The second kappa shape index (κ2) is 7.85. The minimum atomic E-state index is -0.927. The van der Waals surface area contributed by atoms with Crippen LogP contribution >= 0.6 is 11.6 Å². The molecular formula is C19H20ClN3O3. The molecule has 0 radical (unpaired) electrons. The van der Waals surface area contributed by atoms with Crippen molar-refractivity contribution in [2.75, 3.05) is 7.05 Å². The van der Waals surface area contributed by atoms with Crippen molar-refractivity contribution in [1.29, 1.82) is 0 Å². The van der Waals surface area contributed by atoms with Gasteiger partial charge in [-0.2, -0.15) is 0 Å². The molecule has 0 bridgehead atoms. The van der Waals surface area contributed by atoms with Crippen LogP contribution in [0.25, 0.3) is 0 Å². The largest absolute Gasteiger partial charge is 0.480 e. The number of rotatable bonds is 5. The molecule has 0 aliphatic carbocycles. The summed E-state index contributed by atoms with van der Waals surface area (Å²) < 4.78 is 0. The van der Waals surface area contributed by atoms with Gasteiger partial charge in [-0.25, -0.2) is 0 Å². The van der Waals surface area contributed by atoms with Crippen LogP contribution in [0.3, 0.4) is 0 Å². The molecule has 0 unspecified atom stereocenters. The van der Waals surface area contributed by atoms with Crippen LogP contribution < -0.4 is 5.32 Å². The summed E-state index contributed by atoms with van der Waals surface area (Å²) in [4.78, 5) is 30.1. The SMILES string of the molecule is CN1[C@@H](C(=O)O)C[C@@H](C(=O)NCc2ccncc2)[C@H]1c1cccc(Cl)c1. The molecule has 26 heavy (non-hydrogen) atoms. The standard InChI is InChI=1S/C19H20ClN3O3/c1-23-16(19(25)26)10-15(17(23)13-3-2-4-14(20)9-13)18(24)22-11-12-5-7-21-8-6-12/h2-9,15-17H,10-11H2,1H3,(H,22,24)(H,25,26)/t15-,16-,17-/m1/s1. The Kier molecular flexibility index (Phi) is 5.54. The summed E-state index contributed by atoms with van der Waals surface area (Å²) in [5, 5.41) is 13.0. The Balaban J connectivity index is 1.82. The van der Waals surface area contributed by atoms with Gasteiger partial charge in [-0.1, -0.05) is 23.7 Å². The van der Waals surface area contributed by atoms with Crippen LogP contribution in [0.4, 0.5) is 0 Å². The van der Waals surface area contributed by atoms with Crippen LogP contribution in [-0.2, 0) is 16.1 Å². The molecule has 2 aromatic rings. The van der Waals surface area contributed by atoms with Gasteiger partial charge in [0.25, 0.3) is 0 Å². The van der Waals surface area contributed by atoms with Gasteiger partial charge in [0.2, 0.25) is 5.91 Å². The summed E-state index contributed by atoms with van der Waals surface area (Å²) in [5.74, 6) is -1.56. The van der Waals surface area contributed by atoms with Crippen LogP contribution in [0.5, 0.6) is 0 Å². The number of carbonyl (C=O) groups excluding carboxylic acids is 1. The number of likely N-dealkylation sites (tertiary alicyclic amines) is 1. The number of nitrogens with one attached hydrogen (secondary N) is 1. The molecule has 2 heterocycles. The van der Waals surface area contributed by atoms with Crippen LogP contribution in [0.1, 0.15) is 23.6 Å². The molecule has 0 spiro atoms. The quantitative estimate of drug-likeness (QED) is 0.841. The molecule has 7 heteroatoms. The number of carboxylic acids is 1. The van der Waals surface area contributed by atoms with E-state index < -0.39 is 17.9 Å². The smallest absolute Gasteiger partial charge is 0.320 e. The number of hydrogen-bond donors (Lipinski definition) is 2. The lowest BCUT2D eigenvalue weighted by atomic mass is 9.92. The van der Waals surface area contributed by atoms with E-state index in [9.17, 15) is 14.7 Å². The van der Waals surface area contributed by atoms with Crippen molar-refractivity contribution < 1.29 is 14.7 Å². The second-order valence-corrected chi connectivity index (χ2v) is 6.87. The van der Waals surface area contributed by atoms with Gasteiger partial charge in [0.15, 0.2) is 0 Å². The summed E-state index contributed by atoms with van der Waals surface area (Å²) >= 11 is 6.10. The maximum atomic E-state index is 12.8. The molecule has 1 fully saturated rings. The van der Waals surface area contributed by atoms with E-state index in [2.05, 4.69) is 10.3 Å². The molecule has 3 rings (SSSR count). The van der Waals surface area contributed by atoms with Crippen molar-refractivity contribution in [3.05, 3.63) is 64.9 Å². The fourth-order valence-corrected chi connectivity index (χ4v) is 3.72. The summed E-state index contributed by atoms with van der Waals surface area (Å²) in [6.45, 7) is 0.377. The average Bonchev–Trinajstić information content (AvgIpc) is 2.98. The van der Waals surface area contributed by atoms with Crippen LogP contribution in [0.2, 0.25) is 5.02 Å². The van der Waals surface area contributed by atoms with Gasteiger partial charge in [0.05, 0.1) is 5.92 Å². The van der Waals surface area contributed by atoms with E-state index in [1.54, 1.807) is 36.5 Å². The lowest BCUT2D eigenvalue weighted by Gasteiger charge is -2.26. The van der Waals surface area contributed by atoms with Crippen molar-refractivity contribution in [2.24, 2.45) is 5.92 Å². The molecule has 1 amide bonds. The fourth-order valence-electron chi connectivity index (χ4n) is 3.52. The summed E-state index contributed by atoms with van der Waals surface area (Å²) in [7, 11) is 1.74. The number of carboxylic acid groups (broad SMARTS) is 1. The molecule has 1 saturated heterocycles. The van der Waals surface area contributed by atoms with Gasteiger partial charge in [-0.3, -0.25) is 19.5 Å². The average molecular weight is 374 g/mol. The zero-order chi connectivity index (χ0) is 18.7. The number of nitrogens with zero attached hydrogens (tertiary/aromatic N) is 2. The highest BCUT2D eigenvalue weighted by Gasteiger charge is 2.46. The molecule has 6 nitrogen and oxygen atoms in total. The number of pyridine rings is 1. The normalized spacial score (nSPS) is 22.9. The Morgan fingerprint density at radius 3 is 2.69 bits per heavy atom. The number of hydrogen-bond acceptors (Lipinski definition) is 4. The van der Waals surface area contributed by atoms with E-state index in [4.69, 9.17) is 11.6 Å². The molecule has 3 atom stereocenters. The summed E-state index contributed by atoms with van der Waals surface area (Å²) in [6.07, 6.45) is 3.59. The monoisotopic (exact) mass is 373 g/mol. The van der Waals surface area contributed by atoms with E-state index in [-0.39, 0.29) is 18.4 Å². The lowest BCUT2D eigenvalue weighted by molar-refractivity contribution is -0.142. The third-order valence-electron chi connectivity index (χ3n) is 4.82. The van der Waals surface area contributed by atoms with E-state index in [0.717, 1.165) is 11.1 Å². The molecule has 136 valence electrons. The van der Waals surface area contributed by atoms with Crippen molar-refractivity contribution in [3.8, 4) is 0 Å². The summed E-state index contributed by atoms with van der Waals surface area (Å²) in [6, 6.07) is 9.84. The first-order valence-corrected chi connectivity index (χ1v) is 8.72. The topological polar surface area (TPSA) is 82.5 Å². The third kappa shape index (κ3) is 3.86. The van der Waals surface area contributed by atoms with Crippen LogP contribution in [0.15, 0.2) is 48.8 Å². The fraction of sp³-hybridized carbons (Fsp3) is 0.316. The van der Waals surface area contributed by atoms with E-state index in [0.29, 0.717) is 11.6 Å². The molecular weight excluding hydrogens is 354 g/mol. The van der Waals surface area contributed by atoms with Gasteiger partial charge in [0, 0.05) is 30.0 Å². The second-order valence-electron chi connectivity index (χ2n) is 6.43. The zero-order valence-electron chi connectivity index (χ0n) is 14.3. The van der Waals surface area contributed by atoms with Gasteiger partial charge in [-0.05, 0) is 48.9 Å². The predicted molar refractivity (Wildman–Crippen MR) is 97.6 cm³/mol. The molecule has 1 aliphatic heterocycles. The minimum absolute atomic E-state index is 0.164. The van der Waals surface area contributed by atoms with Crippen molar-refractivity contribution in [2.45, 2.75) is 25.0 Å². The number of likely N-dealkylation sites (N-methyl/N-ethyl adjacent to an activating group) is 1. The third-order valence-corrected chi connectivity index (χ3v) is 5.05. The van der Waals surface area contributed by atoms with Gasteiger partial charge in [0.1, 0.15) is 6.04 Å². The van der Waals surface area contributed by atoms with E-state index in [1.807, 2.05) is 24.3 Å². The van der Waals surface area contributed by atoms with E-state index >= 15 is 0 Å². The Morgan fingerprint density at radius 1 is 1.31 bits per heavy atom. The molecule has 0 saturated carbocycles. The molecule has 2 N–H and O–H groups in total. The van der Waals surface area contributed by atoms with E-state index in [1.165, 1.54) is 0 Å². The maximum Gasteiger partial charge on any atom is 0.320 e. The Bertz CT molecular complexity index is 800. The van der Waals surface area contributed by atoms with Crippen molar-refractivity contribution in [1.82, 2.24) is 15.2 Å². The first-order chi connectivity index (χ1) is 12.5. The number of amides is 1. The number of halogens is 1.